The molecule has 0 aromatic heterocycles. The number of carbonyl (C=O) groups is 2. The Balaban J connectivity index is 2.16. The van der Waals surface area contributed by atoms with Crippen molar-refractivity contribution in [2.24, 2.45) is 5.92 Å². The van der Waals surface area contributed by atoms with E-state index in [2.05, 4.69) is 5.32 Å². The fourth-order valence-electron chi connectivity index (χ4n) is 2.70. The van der Waals surface area contributed by atoms with Crippen molar-refractivity contribution >= 4 is 12.0 Å². The number of rotatable bonds is 1. The molecule has 2 N–H and O–H groups in total. The van der Waals surface area contributed by atoms with Crippen molar-refractivity contribution < 1.29 is 14.7 Å². The summed E-state index contributed by atoms with van der Waals surface area (Å²) in [6, 6.07) is -0.0836. The van der Waals surface area contributed by atoms with Crippen molar-refractivity contribution in [3.8, 4) is 0 Å². The number of carbonyl (C=O) groups excluding carboxylic acids is 1. The molecule has 78 valence electrons. The number of hydrogen-bond donors (Lipinski definition) is 2. The first-order chi connectivity index (χ1) is 6.65. The Morgan fingerprint density at radius 1 is 1.43 bits per heavy atom. The predicted octanol–water partition coefficient (Wildman–Crippen LogP) is 0.263. The molecule has 0 saturated carbocycles. The third kappa shape index (κ3) is 1.15. The number of amides is 2. The number of nitrogens with zero attached hydrogens (tertiary/aromatic N) is 1. The lowest BCUT2D eigenvalue weighted by molar-refractivity contribution is -0.142. The van der Waals surface area contributed by atoms with Gasteiger partial charge in [-0.2, -0.15) is 0 Å². The molecule has 0 aromatic carbocycles. The van der Waals surface area contributed by atoms with Crippen LogP contribution in [-0.2, 0) is 4.79 Å². The van der Waals surface area contributed by atoms with Gasteiger partial charge in [-0.1, -0.05) is 0 Å². The third-order valence-corrected chi connectivity index (χ3v) is 3.30. The summed E-state index contributed by atoms with van der Waals surface area (Å²) in [6.45, 7) is 0. The smallest absolute Gasteiger partial charge is 0.317 e. The molecule has 2 saturated heterocycles. The first-order valence-corrected chi connectivity index (χ1v) is 4.88. The van der Waals surface area contributed by atoms with Gasteiger partial charge in [0.05, 0.1) is 5.92 Å². The van der Waals surface area contributed by atoms with Gasteiger partial charge in [0.2, 0.25) is 0 Å². The number of urea groups is 1. The molecule has 0 aliphatic carbocycles. The Kier molecular flexibility index (Phi) is 2.09. The van der Waals surface area contributed by atoms with Crippen molar-refractivity contribution in [3.63, 3.8) is 0 Å². The Bertz CT molecular complexity index is 279. The summed E-state index contributed by atoms with van der Waals surface area (Å²) >= 11 is 0. The largest absolute Gasteiger partial charge is 0.481 e. The van der Waals surface area contributed by atoms with E-state index in [9.17, 15) is 9.59 Å². The zero-order chi connectivity index (χ0) is 10.3. The van der Waals surface area contributed by atoms with Gasteiger partial charge >= 0.3 is 12.0 Å². The van der Waals surface area contributed by atoms with E-state index in [1.54, 1.807) is 11.9 Å². The first kappa shape index (κ1) is 9.30. The van der Waals surface area contributed by atoms with Gasteiger partial charge < -0.3 is 15.3 Å². The summed E-state index contributed by atoms with van der Waals surface area (Å²) in [5.74, 6) is -1.13. The molecular formula is C9H14N2O3. The predicted molar refractivity (Wildman–Crippen MR) is 48.8 cm³/mol. The summed E-state index contributed by atoms with van der Waals surface area (Å²) in [5, 5.41) is 11.5. The van der Waals surface area contributed by atoms with E-state index in [4.69, 9.17) is 5.11 Å². The average molecular weight is 198 g/mol. The van der Waals surface area contributed by atoms with Crippen molar-refractivity contribution in [2.75, 3.05) is 7.05 Å². The number of hydrogen-bond acceptors (Lipinski definition) is 2. The van der Waals surface area contributed by atoms with Crippen molar-refractivity contribution in [3.05, 3.63) is 0 Å². The molecule has 3 unspecified atom stereocenters. The van der Waals surface area contributed by atoms with Gasteiger partial charge in [-0.15, -0.1) is 0 Å². The van der Waals surface area contributed by atoms with Crippen LogP contribution in [0.4, 0.5) is 4.79 Å². The van der Waals surface area contributed by atoms with Crippen LogP contribution in [0, 0.1) is 5.92 Å². The SMILES string of the molecule is CNC(=O)N1C2CCC1C(C(=O)O)C2. The molecule has 0 radical (unpaired) electrons. The minimum absolute atomic E-state index is 0.0857. The second-order valence-corrected chi connectivity index (χ2v) is 3.94. The minimum atomic E-state index is -0.772. The minimum Gasteiger partial charge on any atom is -0.481 e. The van der Waals surface area contributed by atoms with E-state index in [0.717, 1.165) is 12.8 Å². The molecule has 5 heteroatoms. The Labute approximate surface area is 82.1 Å². The summed E-state index contributed by atoms with van der Waals surface area (Å²) in [4.78, 5) is 24.1. The molecular weight excluding hydrogens is 184 g/mol. The highest BCUT2D eigenvalue weighted by Crippen LogP contribution is 2.41. The second kappa shape index (κ2) is 3.15. The summed E-state index contributed by atoms with van der Waals surface area (Å²) in [7, 11) is 1.58. The normalized spacial score (nSPS) is 34.6. The van der Waals surface area contributed by atoms with Crippen LogP contribution in [0.3, 0.4) is 0 Å². The molecule has 2 heterocycles. The maximum atomic E-state index is 11.5. The van der Waals surface area contributed by atoms with Crippen LogP contribution in [0.5, 0.6) is 0 Å². The summed E-state index contributed by atoms with van der Waals surface area (Å²) in [6.07, 6.45) is 2.39. The zero-order valence-electron chi connectivity index (χ0n) is 8.06. The van der Waals surface area contributed by atoms with E-state index in [-0.39, 0.29) is 24.0 Å². The maximum absolute atomic E-state index is 11.5. The number of fused-ring (bicyclic) bond motifs is 2. The first-order valence-electron chi connectivity index (χ1n) is 4.88. The molecule has 2 fully saturated rings. The molecule has 5 nitrogen and oxygen atoms in total. The molecule has 2 bridgehead atoms. The van der Waals surface area contributed by atoms with Gasteiger partial charge in [0.25, 0.3) is 0 Å². The Morgan fingerprint density at radius 3 is 2.64 bits per heavy atom. The molecule has 2 rings (SSSR count). The lowest BCUT2D eigenvalue weighted by Crippen LogP contribution is -2.42. The van der Waals surface area contributed by atoms with Crippen LogP contribution >= 0.6 is 0 Å². The van der Waals surface area contributed by atoms with Gasteiger partial charge in [-0.05, 0) is 19.3 Å². The molecule has 14 heavy (non-hydrogen) atoms. The van der Waals surface area contributed by atoms with Crippen molar-refractivity contribution in [1.29, 1.82) is 0 Å². The number of carboxylic acid groups (broad SMARTS) is 1. The van der Waals surface area contributed by atoms with Crippen LogP contribution in [0.15, 0.2) is 0 Å². The highest BCUT2D eigenvalue weighted by molar-refractivity contribution is 5.79. The Hall–Kier alpha value is -1.26. The van der Waals surface area contributed by atoms with Crippen molar-refractivity contribution in [1.82, 2.24) is 10.2 Å². The van der Waals surface area contributed by atoms with E-state index in [1.165, 1.54) is 0 Å². The standard InChI is InChI=1S/C9H14N2O3/c1-10-9(14)11-5-2-3-7(11)6(4-5)8(12)13/h5-7H,2-4H2,1H3,(H,10,14)(H,12,13). The highest BCUT2D eigenvalue weighted by atomic mass is 16.4. The van der Waals surface area contributed by atoms with Crippen molar-refractivity contribution in [2.45, 2.75) is 31.3 Å². The second-order valence-electron chi connectivity index (χ2n) is 3.94. The fourth-order valence-corrected chi connectivity index (χ4v) is 2.70. The van der Waals surface area contributed by atoms with Crippen LogP contribution in [0.25, 0.3) is 0 Å². The van der Waals surface area contributed by atoms with Gasteiger partial charge in [-0.25, -0.2) is 4.79 Å². The molecule has 2 aliphatic rings. The zero-order valence-corrected chi connectivity index (χ0v) is 8.06. The molecule has 3 atom stereocenters. The number of carboxylic acids is 1. The summed E-state index contributed by atoms with van der Waals surface area (Å²) < 4.78 is 0. The van der Waals surface area contributed by atoms with Gasteiger partial charge in [-0.3, -0.25) is 4.79 Å². The molecule has 2 aliphatic heterocycles. The van der Waals surface area contributed by atoms with E-state index in [0.29, 0.717) is 6.42 Å². The highest BCUT2D eigenvalue weighted by Gasteiger charge is 2.51. The van der Waals surface area contributed by atoms with Crippen LogP contribution in [-0.4, -0.2) is 41.1 Å². The van der Waals surface area contributed by atoms with Gasteiger partial charge in [0.1, 0.15) is 0 Å². The number of nitrogens with one attached hydrogen (secondary N) is 1. The maximum Gasteiger partial charge on any atom is 0.317 e. The van der Waals surface area contributed by atoms with Crippen LogP contribution < -0.4 is 5.32 Å². The quantitative estimate of drug-likeness (QED) is 0.635. The number of aliphatic carboxylic acids is 1. The van der Waals surface area contributed by atoms with E-state index in [1.807, 2.05) is 0 Å². The molecule has 2 amide bonds. The van der Waals surface area contributed by atoms with Crippen LogP contribution in [0.1, 0.15) is 19.3 Å². The Morgan fingerprint density at radius 2 is 2.14 bits per heavy atom. The van der Waals surface area contributed by atoms with Gasteiger partial charge in [0.15, 0.2) is 0 Å². The molecule has 0 spiro atoms. The van der Waals surface area contributed by atoms with E-state index < -0.39 is 5.97 Å². The lowest BCUT2D eigenvalue weighted by atomic mass is 9.89. The lowest BCUT2D eigenvalue weighted by Gasteiger charge is -2.22. The average Bonchev–Trinajstić information content (AvgIpc) is 2.73. The van der Waals surface area contributed by atoms with Crippen LogP contribution in [0.2, 0.25) is 0 Å². The monoisotopic (exact) mass is 198 g/mol. The topological polar surface area (TPSA) is 69.6 Å². The van der Waals surface area contributed by atoms with E-state index >= 15 is 0 Å². The third-order valence-electron chi connectivity index (χ3n) is 3.30. The molecule has 0 aromatic rings. The fraction of sp³-hybridized carbons (Fsp3) is 0.778. The van der Waals surface area contributed by atoms with Gasteiger partial charge in [0, 0.05) is 19.1 Å². The summed E-state index contributed by atoms with van der Waals surface area (Å²) in [5.41, 5.74) is 0.